The zero-order chi connectivity index (χ0) is 13.4. The average Bonchev–Trinajstić information content (AvgIpc) is 2.91. The molecule has 0 radical (unpaired) electrons. The fourth-order valence-electron chi connectivity index (χ4n) is 2.41. The van der Waals surface area contributed by atoms with Crippen molar-refractivity contribution in [2.45, 2.75) is 32.0 Å². The lowest BCUT2D eigenvalue weighted by atomic mass is 10.1. The molecule has 1 aromatic heterocycles. The largest absolute Gasteiger partial charge is 0.461 e. The highest BCUT2D eigenvalue weighted by Crippen LogP contribution is 2.25. The molecule has 0 spiro atoms. The van der Waals surface area contributed by atoms with Gasteiger partial charge < -0.3 is 4.74 Å². The fourth-order valence-corrected chi connectivity index (χ4v) is 3.44. The van der Waals surface area contributed by atoms with Gasteiger partial charge in [-0.25, -0.2) is 4.98 Å². The van der Waals surface area contributed by atoms with Crippen molar-refractivity contribution in [1.29, 1.82) is 0 Å². The molecule has 100 valence electrons. The van der Waals surface area contributed by atoms with Crippen molar-refractivity contribution in [2.75, 3.05) is 7.05 Å². The molecule has 19 heavy (non-hydrogen) atoms. The molecule has 0 N–H and O–H groups in total. The minimum atomic E-state index is -0.137. The number of rotatable bonds is 3. The number of hydrogen-bond donors (Lipinski definition) is 0. The topological polar surface area (TPSA) is 42.4 Å². The van der Waals surface area contributed by atoms with Crippen LogP contribution in [0.4, 0.5) is 0 Å². The van der Waals surface area contributed by atoms with E-state index in [0.29, 0.717) is 6.54 Å². The Hall–Kier alpha value is -1.46. The maximum atomic E-state index is 11.7. The lowest BCUT2D eigenvalue weighted by molar-refractivity contribution is -0.144. The fraction of sp³-hybridized carbons (Fsp3) is 0.429. The van der Waals surface area contributed by atoms with E-state index in [9.17, 15) is 4.79 Å². The van der Waals surface area contributed by atoms with E-state index in [1.165, 1.54) is 4.70 Å². The van der Waals surface area contributed by atoms with Crippen molar-refractivity contribution in [3.05, 3.63) is 29.3 Å². The van der Waals surface area contributed by atoms with Crippen LogP contribution in [-0.2, 0) is 16.1 Å². The molecule has 5 heteroatoms. The molecule has 3 rings (SSSR count). The van der Waals surface area contributed by atoms with Gasteiger partial charge in [-0.05, 0) is 26.1 Å². The molecule has 2 heterocycles. The van der Waals surface area contributed by atoms with Gasteiger partial charge in [-0.3, -0.25) is 9.69 Å². The summed E-state index contributed by atoms with van der Waals surface area (Å²) < 4.78 is 6.38. The van der Waals surface area contributed by atoms with Crippen molar-refractivity contribution in [3.63, 3.8) is 0 Å². The van der Waals surface area contributed by atoms with E-state index >= 15 is 0 Å². The summed E-state index contributed by atoms with van der Waals surface area (Å²) in [6.45, 7) is 2.62. The van der Waals surface area contributed by atoms with Crippen LogP contribution in [0.25, 0.3) is 10.2 Å². The lowest BCUT2D eigenvalue weighted by Crippen LogP contribution is -2.34. The number of thiazole rings is 1. The Morgan fingerprint density at radius 2 is 2.26 bits per heavy atom. The van der Waals surface area contributed by atoms with Gasteiger partial charge in [0.25, 0.3) is 0 Å². The molecule has 2 atom stereocenters. The molecule has 0 amide bonds. The van der Waals surface area contributed by atoms with Gasteiger partial charge in [-0.2, -0.15) is 0 Å². The summed E-state index contributed by atoms with van der Waals surface area (Å²) in [6.07, 6.45) is 0.788. The van der Waals surface area contributed by atoms with E-state index in [1.54, 1.807) is 11.3 Å². The number of para-hydroxylation sites is 1. The Labute approximate surface area is 116 Å². The summed E-state index contributed by atoms with van der Waals surface area (Å²) in [4.78, 5) is 18.3. The highest BCUT2D eigenvalue weighted by Gasteiger charge is 2.34. The number of carbonyl (C=O) groups excluding carboxylic acids is 1. The van der Waals surface area contributed by atoms with E-state index < -0.39 is 0 Å². The number of ether oxygens (including phenoxy) is 1. The van der Waals surface area contributed by atoms with Crippen LogP contribution in [0.2, 0.25) is 0 Å². The van der Waals surface area contributed by atoms with E-state index in [2.05, 4.69) is 11.1 Å². The number of cyclic esters (lactones) is 1. The number of likely N-dealkylation sites (N-methyl/N-ethyl adjacent to an activating group) is 1. The van der Waals surface area contributed by atoms with Crippen LogP contribution < -0.4 is 0 Å². The summed E-state index contributed by atoms with van der Waals surface area (Å²) in [5, 5.41) is 1.04. The summed E-state index contributed by atoms with van der Waals surface area (Å²) >= 11 is 1.68. The third-order valence-electron chi connectivity index (χ3n) is 3.40. The van der Waals surface area contributed by atoms with E-state index in [4.69, 9.17) is 4.74 Å². The van der Waals surface area contributed by atoms with Crippen LogP contribution in [0.3, 0.4) is 0 Å². The molecule has 1 saturated heterocycles. The van der Waals surface area contributed by atoms with Crippen molar-refractivity contribution >= 4 is 27.5 Å². The number of carbonyl (C=O) groups is 1. The Kier molecular flexibility index (Phi) is 3.24. The minimum Gasteiger partial charge on any atom is -0.461 e. The third kappa shape index (κ3) is 2.48. The standard InChI is InChI=1S/C14H16N2O2S/c1-9-7-11(14(17)18-9)16(2)8-13-15-10-5-3-4-6-12(10)19-13/h3-6,9,11H,7-8H2,1-2H3/t9-,11+/m1/s1. The van der Waals surface area contributed by atoms with Crippen molar-refractivity contribution < 1.29 is 9.53 Å². The van der Waals surface area contributed by atoms with Gasteiger partial charge in [0.2, 0.25) is 0 Å². The van der Waals surface area contributed by atoms with E-state index in [0.717, 1.165) is 16.9 Å². The molecule has 0 saturated carbocycles. The average molecular weight is 276 g/mol. The summed E-state index contributed by atoms with van der Waals surface area (Å²) in [5.74, 6) is -0.115. The first-order chi connectivity index (χ1) is 9.13. The summed E-state index contributed by atoms with van der Waals surface area (Å²) in [6, 6.07) is 7.96. The Morgan fingerprint density at radius 3 is 2.95 bits per heavy atom. The lowest BCUT2D eigenvalue weighted by Gasteiger charge is -2.19. The maximum Gasteiger partial charge on any atom is 0.323 e. The van der Waals surface area contributed by atoms with E-state index in [-0.39, 0.29) is 18.1 Å². The third-order valence-corrected chi connectivity index (χ3v) is 4.42. The molecule has 1 fully saturated rings. The second-order valence-electron chi connectivity index (χ2n) is 4.99. The first-order valence-electron chi connectivity index (χ1n) is 6.38. The normalized spacial score (nSPS) is 23.2. The maximum absolute atomic E-state index is 11.7. The van der Waals surface area contributed by atoms with Gasteiger partial charge in [0, 0.05) is 6.42 Å². The van der Waals surface area contributed by atoms with Gasteiger partial charge in [0.15, 0.2) is 0 Å². The number of fused-ring (bicyclic) bond motifs is 1. The van der Waals surface area contributed by atoms with Crippen molar-refractivity contribution in [2.24, 2.45) is 0 Å². The van der Waals surface area contributed by atoms with Crippen LogP contribution in [-0.4, -0.2) is 35.0 Å². The first kappa shape index (κ1) is 12.6. The van der Waals surface area contributed by atoms with Gasteiger partial charge in [-0.1, -0.05) is 12.1 Å². The number of nitrogens with zero attached hydrogens (tertiary/aromatic N) is 2. The minimum absolute atomic E-state index is 0.0234. The highest BCUT2D eigenvalue weighted by atomic mass is 32.1. The zero-order valence-electron chi connectivity index (χ0n) is 11.0. The summed E-state index contributed by atoms with van der Waals surface area (Å²) in [5.41, 5.74) is 1.03. The zero-order valence-corrected chi connectivity index (χ0v) is 11.8. The van der Waals surface area contributed by atoms with Gasteiger partial charge in [0.05, 0.1) is 16.8 Å². The number of esters is 1. The van der Waals surface area contributed by atoms with Gasteiger partial charge in [0.1, 0.15) is 17.2 Å². The first-order valence-corrected chi connectivity index (χ1v) is 7.20. The number of hydrogen-bond acceptors (Lipinski definition) is 5. The molecular formula is C14H16N2O2S. The van der Waals surface area contributed by atoms with Crippen molar-refractivity contribution in [1.82, 2.24) is 9.88 Å². The molecule has 0 unspecified atom stereocenters. The number of aromatic nitrogens is 1. The molecule has 1 aromatic carbocycles. The summed E-state index contributed by atoms with van der Waals surface area (Å²) in [7, 11) is 1.95. The molecule has 1 aliphatic heterocycles. The van der Waals surface area contributed by atoms with Gasteiger partial charge in [-0.15, -0.1) is 11.3 Å². The quantitative estimate of drug-likeness (QED) is 0.808. The Bertz CT molecular complexity index is 577. The monoisotopic (exact) mass is 276 g/mol. The molecule has 1 aliphatic rings. The van der Waals surface area contributed by atoms with Gasteiger partial charge >= 0.3 is 5.97 Å². The molecule has 0 bridgehead atoms. The second kappa shape index (κ2) is 4.90. The molecule has 0 aliphatic carbocycles. The Balaban J connectivity index is 1.75. The van der Waals surface area contributed by atoms with Crippen LogP contribution in [0.15, 0.2) is 24.3 Å². The molecule has 4 nitrogen and oxygen atoms in total. The Morgan fingerprint density at radius 1 is 1.47 bits per heavy atom. The second-order valence-corrected chi connectivity index (χ2v) is 6.10. The van der Waals surface area contributed by atoms with Crippen LogP contribution in [0, 0.1) is 0 Å². The van der Waals surface area contributed by atoms with Crippen LogP contribution >= 0.6 is 11.3 Å². The predicted octanol–water partition coefficient (Wildman–Crippen LogP) is 2.43. The highest BCUT2D eigenvalue weighted by molar-refractivity contribution is 7.18. The van der Waals surface area contributed by atoms with Crippen LogP contribution in [0.1, 0.15) is 18.4 Å². The van der Waals surface area contributed by atoms with Crippen LogP contribution in [0.5, 0.6) is 0 Å². The van der Waals surface area contributed by atoms with Crippen molar-refractivity contribution in [3.8, 4) is 0 Å². The molecule has 2 aromatic rings. The smallest absolute Gasteiger partial charge is 0.323 e. The predicted molar refractivity (Wildman–Crippen MR) is 75.0 cm³/mol. The molecular weight excluding hydrogens is 260 g/mol. The van der Waals surface area contributed by atoms with E-state index in [1.807, 2.05) is 37.1 Å². The SMILES string of the molecule is C[C@@H]1C[C@H](N(C)Cc2nc3ccccc3s2)C(=O)O1. The number of benzene rings is 1.